The van der Waals surface area contributed by atoms with Crippen molar-refractivity contribution in [2.24, 2.45) is 4.99 Å². The number of halogens is 1. The lowest BCUT2D eigenvalue weighted by Gasteiger charge is -2.30. The lowest BCUT2D eigenvalue weighted by Crippen LogP contribution is -2.45. The molecule has 1 saturated carbocycles. The zero-order valence-corrected chi connectivity index (χ0v) is 20.0. The van der Waals surface area contributed by atoms with Crippen molar-refractivity contribution in [1.82, 2.24) is 25.8 Å². The van der Waals surface area contributed by atoms with Crippen molar-refractivity contribution >= 4 is 29.9 Å². The minimum Gasteiger partial charge on any atom is -0.356 e. The number of nitrogens with one attached hydrogen (secondary N) is 2. The first kappa shape index (κ1) is 23.2. The maximum absolute atomic E-state index is 5.31. The number of hydrogen-bond acceptors (Lipinski definition) is 5. The molecule has 0 spiro atoms. The van der Waals surface area contributed by atoms with Crippen LogP contribution in [0.3, 0.4) is 0 Å². The molecule has 0 aliphatic heterocycles. The molecule has 2 heterocycles. The first-order valence-corrected chi connectivity index (χ1v) is 10.6. The third-order valence-corrected chi connectivity index (χ3v) is 5.56. The molecule has 2 aromatic heterocycles. The van der Waals surface area contributed by atoms with Gasteiger partial charge in [0.05, 0.1) is 0 Å². The molecular weight excluding hydrogens is 503 g/mol. The van der Waals surface area contributed by atoms with Crippen LogP contribution in [0.4, 0.5) is 0 Å². The molecule has 31 heavy (non-hydrogen) atoms. The Hall–Kier alpha value is -2.49. The van der Waals surface area contributed by atoms with Crippen LogP contribution in [0.2, 0.25) is 0 Å². The van der Waals surface area contributed by atoms with Crippen molar-refractivity contribution in [3.05, 3.63) is 66.1 Å². The van der Waals surface area contributed by atoms with E-state index in [1.165, 1.54) is 18.4 Å². The number of aromatic nitrogens is 3. The van der Waals surface area contributed by atoms with Gasteiger partial charge < -0.3 is 15.2 Å². The Bertz CT molecular complexity index is 939. The highest BCUT2D eigenvalue weighted by Gasteiger charge is 2.22. The fraction of sp³-hybridized carbons (Fsp3) is 0.391. The van der Waals surface area contributed by atoms with Crippen LogP contribution in [-0.4, -0.2) is 40.7 Å². The van der Waals surface area contributed by atoms with Crippen LogP contribution in [0, 0.1) is 0 Å². The van der Waals surface area contributed by atoms with Gasteiger partial charge in [-0.05, 0) is 49.3 Å². The average molecular weight is 532 g/mol. The molecule has 8 heteroatoms. The Morgan fingerprint density at radius 3 is 2.55 bits per heavy atom. The highest BCUT2D eigenvalue weighted by atomic mass is 127. The molecule has 164 valence electrons. The molecule has 7 nitrogen and oxygen atoms in total. The summed E-state index contributed by atoms with van der Waals surface area (Å²) in [5.41, 5.74) is 2.15. The van der Waals surface area contributed by atoms with Crippen LogP contribution in [-0.2, 0) is 6.42 Å². The van der Waals surface area contributed by atoms with E-state index < -0.39 is 0 Å². The first-order valence-electron chi connectivity index (χ1n) is 10.6. The van der Waals surface area contributed by atoms with Gasteiger partial charge in [-0.3, -0.25) is 9.98 Å². The SMILES string of the molecule is CN=C(NCCc1noc(-c2ccccn2)n1)NC1CCC(c2ccccc2)CC1.I. The number of hydrogen-bond donors (Lipinski definition) is 2. The number of nitrogens with zero attached hydrogens (tertiary/aromatic N) is 4. The molecule has 0 saturated heterocycles. The van der Waals surface area contributed by atoms with E-state index in [0.29, 0.717) is 42.3 Å². The van der Waals surface area contributed by atoms with E-state index in [4.69, 9.17) is 4.52 Å². The molecule has 0 radical (unpaired) electrons. The second kappa shape index (κ2) is 11.8. The van der Waals surface area contributed by atoms with Crippen LogP contribution in [0.25, 0.3) is 11.6 Å². The Balaban J connectivity index is 0.00000272. The smallest absolute Gasteiger partial charge is 0.276 e. The van der Waals surface area contributed by atoms with Gasteiger partial charge in [0.2, 0.25) is 0 Å². The molecule has 1 aliphatic rings. The van der Waals surface area contributed by atoms with Gasteiger partial charge in [-0.1, -0.05) is 41.6 Å². The van der Waals surface area contributed by atoms with Crippen molar-refractivity contribution in [2.75, 3.05) is 13.6 Å². The van der Waals surface area contributed by atoms with Crippen LogP contribution >= 0.6 is 24.0 Å². The molecule has 4 rings (SSSR count). The Labute approximate surface area is 200 Å². The van der Waals surface area contributed by atoms with E-state index in [1.807, 2.05) is 18.2 Å². The van der Waals surface area contributed by atoms with E-state index in [-0.39, 0.29) is 24.0 Å². The average Bonchev–Trinajstić information content (AvgIpc) is 3.29. The molecule has 0 atom stereocenters. The van der Waals surface area contributed by atoms with E-state index in [1.54, 1.807) is 13.2 Å². The normalized spacial score (nSPS) is 18.8. The summed E-state index contributed by atoms with van der Waals surface area (Å²) >= 11 is 0. The Morgan fingerprint density at radius 2 is 1.84 bits per heavy atom. The van der Waals surface area contributed by atoms with Gasteiger partial charge in [0.25, 0.3) is 5.89 Å². The summed E-state index contributed by atoms with van der Waals surface area (Å²) in [6.45, 7) is 0.681. The summed E-state index contributed by atoms with van der Waals surface area (Å²) in [4.78, 5) is 13.0. The van der Waals surface area contributed by atoms with Gasteiger partial charge in [0, 0.05) is 32.3 Å². The van der Waals surface area contributed by atoms with Crippen molar-refractivity contribution < 1.29 is 4.52 Å². The van der Waals surface area contributed by atoms with Gasteiger partial charge in [-0.15, -0.1) is 24.0 Å². The zero-order chi connectivity index (χ0) is 20.6. The molecule has 3 aromatic rings. The predicted molar refractivity (Wildman–Crippen MR) is 133 cm³/mol. The monoisotopic (exact) mass is 532 g/mol. The highest BCUT2D eigenvalue weighted by molar-refractivity contribution is 14.0. The number of benzene rings is 1. The molecule has 0 amide bonds. The minimum absolute atomic E-state index is 0. The second-order valence-electron chi connectivity index (χ2n) is 7.58. The molecular formula is C23H29IN6O. The maximum atomic E-state index is 5.31. The molecule has 2 N–H and O–H groups in total. The second-order valence-corrected chi connectivity index (χ2v) is 7.58. The van der Waals surface area contributed by atoms with E-state index in [2.05, 4.69) is 61.1 Å². The molecule has 0 bridgehead atoms. The standard InChI is InChI=1S/C23H28N6O.HI/c1-24-23(27-19-12-10-18(11-13-19)17-7-3-2-4-8-17)26-16-14-21-28-22(30-29-21)20-9-5-6-15-25-20;/h2-9,15,18-19H,10-14,16H2,1H3,(H2,24,26,27);1H. The zero-order valence-electron chi connectivity index (χ0n) is 17.7. The topological polar surface area (TPSA) is 88.2 Å². The van der Waals surface area contributed by atoms with Crippen molar-refractivity contribution in [2.45, 2.75) is 44.1 Å². The Morgan fingerprint density at radius 1 is 1.06 bits per heavy atom. The summed E-state index contributed by atoms with van der Waals surface area (Å²) in [5.74, 6) is 2.60. The molecule has 1 fully saturated rings. The van der Waals surface area contributed by atoms with E-state index >= 15 is 0 Å². The Kier molecular flexibility index (Phi) is 8.81. The van der Waals surface area contributed by atoms with Crippen LogP contribution in [0.15, 0.2) is 64.2 Å². The molecule has 1 aliphatic carbocycles. The van der Waals surface area contributed by atoms with Crippen LogP contribution in [0.1, 0.15) is 43.0 Å². The van der Waals surface area contributed by atoms with Crippen LogP contribution in [0.5, 0.6) is 0 Å². The molecule has 0 unspecified atom stereocenters. The maximum Gasteiger partial charge on any atom is 0.276 e. The lowest BCUT2D eigenvalue weighted by atomic mass is 9.82. The fourth-order valence-corrected chi connectivity index (χ4v) is 3.93. The molecule has 1 aromatic carbocycles. The van der Waals surface area contributed by atoms with Gasteiger partial charge >= 0.3 is 0 Å². The van der Waals surface area contributed by atoms with Gasteiger partial charge in [-0.25, -0.2) is 0 Å². The number of aliphatic imine (C=N–C) groups is 1. The van der Waals surface area contributed by atoms with Crippen molar-refractivity contribution in [3.8, 4) is 11.6 Å². The summed E-state index contributed by atoms with van der Waals surface area (Å²) < 4.78 is 5.31. The minimum atomic E-state index is 0. The van der Waals surface area contributed by atoms with E-state index in [9.17, 15) is 0 Å². The lowest BCUT2D eigenvalue weighted by molar-refractivity contribution is 0.371. The quantitative estimate of drug-likeness (QED) is 0.281. The predicted octanol–water partition coefficient (Wildman–Crippen LogP) is 4.18. The third-order valence-electron chi connectivity index (χ3n) is 5.56. The highest BCUT2D eigenvalue weighted by Crippen LogP contribution is 2.32. The van der Waals surface area contributed by atoms with Gasteiger partial charge in [0.15, 0.2) is 11.8 Å². The van der Waals surface area contributed by atoms with Gasteiger partial charge in [-0.2, -0.15) is 4.98 Å². The van der Waals surface area contributed by atoms with Crippen molar-refractivity contribution in [1.29, 1.82) is 0 Å². The fourth-order valence-electron chi connectivity index (χ4n) is 3.93. The summed E-state index contributed by atoms with van der Waals surface area (Å²) in [5, 5.41) is 11.0. The third kappa shape index (κ3) is 6.49. The van der Waals surface area contributed by atoms with Crippen LogP contribution < -0.4 is 10.6 Å². The summed E-state index contributed by atoms with van der Waals surface area (Å²) in [6.07, 6.45) is 7.08. The summed E-state index contributed by atoms with van der Waals surface area (Å²) in [7, 11) is 1.80. The number of rotatable bonds is 6. The number of guanidine groups is 1. The largest absolute Gasteiger partial charge is 0.356 e. The summed E-state index contributed by atoms with van der Waals surface area (Å²) in [6, 6.07) is 16.9. The van der Waals surface area contributed by atoms with Crippen molar-refractivity contribution in [3.63, 3.8) is 0 Å². The number of pyridine rings is 1. The van der Waals surface area contributed by atoms with E-state index in [0.717, 1.165) is 18.8 Å². The van der Waals surface area contributed by atoms with Gasteiger partial charge in [0.1, 0.15) is 5.69 Å². The first-order chi connectivity index (χ1) is 14.8.